The van der Waals surface area contributed by atoms with Crippen LogP contribution in [0.4, 0.5) is 11.4 Å². The fraction of sp³-hybridized carbons (Fsp3) is 0.261. The van der Waals surface area contributed by atoms with E-state index in [0.29, 0.717) is 4.99 Å². The second-order valence-electron chi connectivity index (χ2n) is 6.65. The van der Waals surface area contributed by atoms with Crippen molar-refractivity contribution in [2.75, 3.05) is 25.0 Å². The average Bonchev–Trinajstić information content (AvgIpc) is 2.72. The van der Waals surface area contributed by atoms with Crippen molar-refractivity contribution in [3.8, 4) is 0 Å². The summed E-state index contributed by atoms with van der Waals surface area (Å²) in [5, 5.41) is 3.04. The first-order valence-electron chi connectivity index (χ1n) is 9.52. The zero-order valence-corrected chi connectivity index (χ0v) is 18.4. The van der Waals surface area contributed by atoms with Crippen LogP contribution >= 0.6 is 24.4 Å². The zero-order chi connectivity index (χ0) is 20.3. The standard InChI is InChI=1S/C23H25N3S2/c1-5-26(6-2)16-11-12-20(15(3)13-16)25-21-14-19(23(28)24-4)22(27)18-10-8-7-9-17(18)21/h7-14H,5-6H2,1-4H3,(H,24,28). The van der Waals surface area contributed by atoms with Crippen molar-refractivity contribution in [2.24, 2.45) is 4.99 Å². The third-order valence-electron chi connectivity index (χ3n) is 4.99. The maximum Gasteiger partial charge on any atom is 0.107 e. The third-order valence-corrected chi connectivity index (χ3v) is 5.86. The van der Waals surface area contributed by atoms with Gasteiger partial charge in [0.05, 0.1) is 16.3 Å². The topological polar surface area (TPSA) is 27.6 Å². The monoisotopic (exact) mass is 407 g/mol. The van der Waals surface area contributed by atoms with E-state index in [2.05, 4.69) is 55.3 Å². The smallest absolute Gasteiger partial charge is 0.107 e. The lowest BCUT2D eigenvalue weighted by Gasteiger charge is -2.22. The molecule has 0 fully saturated rings. The summed E-state index contributed by atoms with van der Waals surface area (Å²) in [5.74, 6) is 0. The molecule has 1 aliphatic carbocycles. The first kappa shape index (κ1) is 20.4. The van der Waals surface area contributed by atoms with Gasteiger partial charge in [0, 0.05) is 42.5 Å². The average molecular weight is 408 g/mol. The number of rotatable bonds is 5. The third kappa shape index (κ3) is 3.91. The minimum absolute atomic E-state index is 0.640. The lowest BCUT2D eigenvalue weighted by Crippen LogP contribution is -2.27. The number of nitrogens with zero attached hydrogens (tertiary/aromatic N) is 2. The van der Waals surface area contributed by atoms with Gasteiger partial charge in [0.25, 0.3) is 0 Å². The van der Waals surface area contributed by atoms with E-state index >= 15 is 0 Å². The van der Waals surface area contributed by atoms with Crippen LogP contribution in [0, 0.1) is 6.92 Å². The molecule has 0 spiro atoms. The van der Waals surface area contributed by atoms with Gasteiger partial charge in [-0.1, -0.05) is 48.7 Å². The van der Waals surface area contributed by atoms with Crippen LogP contribution in [0.5, 0.6) is 0 Å². The molecule has 3 rings (SSSR count). The van der Waals surface area contributed by atoms with Crippen LogP contribution in [0.15, 0.2) is 59.1 Å². The Morgan fingerprint density at radius 2 is 1.75 bits per heavy atom. The van der Waals surface area contributed by atoms with Gasteiger partial charge in [0.1, 0.15) is 4.99 Å². The summed E-state index contributed by atoms with van der Waals surface area (Å²) in [6.07, 6.45) is 2.00. The Kier molecular flexibility index (Phi) is 6.37. The summed E-state index contributed by atoms with van der Waals surface area (Å²) in [5.41, 5.74) is 7.11. The normalized spacial score (nSPS) is 14.5. The molecule has 5 heteroatoms. The van der Waals surface area contributed by atoms with Crippen molar-refractivity contribution in [1.29, 1.82) is 0 Å². The number of thiocarbonyl (C=S) groups is 2. The van der Waals surface area contributed by atoms with Gasteiger partial charge in [-0.05, 0) is 50.6 Å². The molecule has 144 valence electrons. The van der Waals surface area contributed by atoms with E-state index in [4.69, 9.17) is 29.4 Å². The van der Waals surface area contributed by atoms with E-state index in [1.54, 1.807) is 0 Å². The highest BCUT2D eigenvalue weighted by molar-refractivity contribution is 7.83. The van der Waals surface area contributed by atoms with Crippen LogP contribution in [-0.4, -0.2) is 35.7 Å². The molecule has 1 N–H and O–H groups in total. The number of nitrogens with one attached hydrogen (secondary N) is 1. The van der Waals surface area contributed by atoms with Crippen molar-refractivity contribution in [3.05, 3.63) is 70.8 Å². The Hall–Kier alpha value is -2.37. The maximum absolute atomic E-state index is 5.68. The van der Waals surface area contributed by atoms with E-state index < -0.39 is 0 Å². The van der Waals surface area contributed by atoms with E-state index in [9.17, 15) is 0 Å². The zero-order valence-electron chi connectivity index (χ0n) is 16.7. The Balaban J connectivity index is 2.10. The highest BCUT2D eigenvalue weighted by Crippen LogP contribution is 2.29. The van der Waals surface area contributed by atoms with Gasteiger partial charge in [-0.3, -0.25) is 0 Å². The molecule has 0 amide bonds. The Morgan fingerprint density at radius 1 is 1.07 bits per heavy atom. The van der Waals surface area contributed by atoms with Crippen molar-refractivity contribution >= 4 is 51.4 Å². The highest BCUT2D eigenvalue weighted by Gasteiger charge is 2.23. The van der Waals surface area contributed by atoms with Crippen LogP contribution in [0.1, 0.15) is 30.5 Å². The van der Waals surface area contributed by atoms with E-state index in [0.717, 1.165) is 51.6 Å². The largest absolute Gasteiger partial charge is 0.379 e. The molecule has 0 bridgehead atoms. The first-order valence-corrected chi connectivity index (χ1v) is 10.3. The second-order valence-corrected chi connectivity index (χ2v) is 7.47. The molecule has 2 aromatic rings. The first-order chi connectivity index (χ1) is 13.5. The summed E-state index contributed by atoms with van der Waals surface area (Å²) in [4.78, 5) is 8.73. The highest BCUT2D eigenvalue weighted by atomic mass is 32.1. The number of aryl methyl sites for hydroxylation is 1. The molecule has 1 aliphatic rings. The minimum atomic E-state index is 0.640. The quantitative estimate of drug-likeness (QED) is 0.692. The Bertz CT molecular complexity index is 985. The molecule has 0 radical (unpaired) electrons. The molecule has 0 aliphatic heterocycles. The number of hydrogen-bond donors (Lipinski definition) is 1. The van der Waals surface area contributed by atoms with Crippen LogP contribution in [0.2, 0.25) is 0 Å². The van der Waals surface area contributed by atoms with Gasteiger partial charge in [0.2, 0.25) is 0 Å². The Labute approximate surface area is 178 Å². The number of likely N-dealkylation sites (N-methyl/N-ethyl adjacent to an activating group) is 1. The summed E-state index contributed by atoms with van der Waals surface area (Å²) in [6, 6.07) is 14.6. The van der Waals surface area contributed by atoms with Crippen LogP contribution in [-0.2, 0) is 0 Å². The molecule has 0 unspecified atom stereocenters. The van der Waals surface area contributed by atoms with Crippen molar-refractivity contribution in [1.82, 2.24) is 5.32 Å². The molecule has 28 heavy (non-hydrogen) atoms. The predicted octanol–water partition coefficient (Wildman–Crippen LogP) is 5.17. The minimum Gasteiger partial charge on any atom is -0.379 e. The van der Waals surface area contributed by atoms with E-state index in [1.165, 1.54) is 5.69 Å². The number of hydrogen-bond acceptors (Lipinski definition) is 4. The van der Waals surface area contributed by atoms with Gasteiger partial charge >= 0.3 is 0 Å². The predicted molar refractivity (Wildman–Crippen MR) is 129 cm³/mol. The summed E-state index contributed by atoms with van der Waals surface area (Å²) < 4.78 is 0. The van der Waals surface area contributed by atoms with Gasteiger partial charge in [0.15, 0.2) is 0 Å². The number of aliphatic imine (C=N–C) groups is 1. The molecule has 3 nitrogen and oxygen atoms in total. The number of anilines is 1. The molecule has 0 saturated carbocycles. The molecule has 2 aromatic carbocycles. The van der Waals surface area contributed by atoms with Crippen molar-refractivity contribution in [2.45, 2.75) is 20.8 Å². The molecular weight excluding hydrogens is 382 g/mol. The van der Waals surface area contributed by atoms with E-state index in [1.807, 2.05) is 31.3 Å². The molecule has 0 heterocycles. The molecular formula is C23H25N3S2. The molecule has 0 saturated heterocycles. The maximum atomic E-state index is 5.68. The summed E-state index contributed by atoms with van der Waals surface area (Å²) in [7, 11) is 1.82. The van der Waals surface area contributed by atoms with E-state index in [-0.39, 0.29) is 0 Å². The fourth-order valence-corrected chi connectivity index (χ4v) is 3.97. The summed E-state index contributed by atoms with van der Waals surface area (Å²) in [6.45, 7) is 8.43. The number of fused-ring (bicyclic) bond motifs is 1. The van der Waals surface area contributed by atoms with Crippen LogP contribution in [0.25, 0.3) is 0 Å². The lowest BCUT2D eigenvalue weighted by molar-refractivity contribution is 0.865. The van der Waals surface area contributed by atoms with Crippen molar-refractivity contribution < 1.29 is 0 Å². The summed E-state index contributed by atoms with van der Waals surface area (Å²) >= 11 is 11.2. The number of allylic oxidation sites excluding steroid dienone is 1. The molecule has 0 atom stereocenters. The van der Waals surface area contributed by atoms with Gasteiger partial charge in [-0.2, -0.15) is 0 Å². The van der Waals surface area contributed by atoms with Gasteiger partial charge in [-0.15, -0.1) is 0 Å². The fourth-order valence-electron chi connectivity index (χ4n) is 3.41. The lowest BCUT2D eigenvalue weighted by atomic mass is 9.89. The van der Waals surface area contributed by atoms with Gasteiger partial charge < -0.3 is 10.2 Å². The van der Waals surface area contributed by atoms with Crippen LogP contribution < -0.4 is 10.2 Å². The Morgan fingerprint density at radius 3 is 2.36 bits per heavy atom. The number of benzene rings is 2. The van der Waals surface area contributed by atoms with Crippen LogP contribution in [0.3, 0.4) is 0 Å². The second kappa shape index (κ2) is 8.76. The molecule has 0 aromatic heterocycles. The van der Waals surface area contributed by atoms with Gasteiger partial charge in [-0.25, -0.2) is 4.99 Å². The SMILES string of the molecule is CCN(CC)c1ccc(N=C2C=C(C(=S)NC)C(=S)c3ccccc32)c(C)c1. The van der Waals surface area contributed by atoms with Crippen molar-refractivity contribution in [3.63, 3.8) is 0 Å².